The largest absolute Gasteiger partial charge is 0.466 e. The van der Waals surface area contributed by atoms with Crippen molar-refractivity contribution in [2.45, 2.75) is 51.2 Å². The molecule has 0 aliphatic rings. The standard InChI is InChI=1S/C19H31NO4Si/c1-20(2)17(11-12-18(21)23-13-14-25(3,4)5)19(22)24-15-16-9-7-6-8-10-16/h6-10,17H,11-15H2,1-5H3/t17-/m0/s1. The molecule has 5 nitrogen and oxygen atoms in total. The van der Waals surface area contributed by atoms with E-state index in [1.54, 1.807) is 4.90 Å². The summed E-state index contributed by atoms with van der Waals surface area (Å²) in [5, 5.41) is 0. The molecule has 0 heterocycles. The van der Waals surface area contributed by atoms with Gasteiger partial charge in [0.25, 0.3) is 0 Å². The third-order valence-electron chi connectivity index (χ3n) is 3.86. The number of hydrogen-bond acceptors (Lipinski definition) is 5. The lowest BCUT2D eigenvalue weighted by Crippen LogP contribution is -2.37. The first kappa shape index (κ1) is 21.4. The van der Waals surface area contributed by atoms with Crippen LogP contribution < -0.4 is 0 Å². The fourth-order valence-electron chi connectivity index (χ4n) is 2.21. The average Bonchev–Trinajstić information content (AvgIpc) is 2.52. The molecule has 0 unspecified atom stereocenters. The fourth-order valence-corrected chi connectivity index (χ4v) is 2.92. The number of esters is 2. The molecule has 0 N–H and O–H groups in total. The van der Waals surface area contributed by atoms with Crippen LogP contribution in [-0.4, -0.2) is 51.7 Å². The number of carbonyl (C=O) groups excluding carboxylic acids is 2. The van der Waals surface area contributed by atoms with E-state index in [9.17, 15) is 9.59 Å². The van der Waals surface area contributed by atoms with E-state index in [2.05, 4.69) is 19.6 Å². The van der Waals surface area contributed by atoms with E-state index in [4.69, 9.17) is 9.47 Å². The van der Waals surface area contributed by atoms with Crippen LogP contribution in [0.15, 0.2) is 30.3 Å². The second kappa shape index (κ2) is 10.4. The summed E-state index contributed by atoms with van der Waals surface area (Å²) in [7, 11) is 2.41. The maximum absolute atomic E-state index is 12.3. The summed E-state index contributed by atoms with van der Waals surface area (Å²) in [6, 6.07) is 10.1. The molecule has 0 aliphatic heterocycles. The highest BCUT2D eigenvalue weighted by Gasteiger charge is 2.24. The first-order valence-corrected chi connectivity index (χ1v) is 12.4. The van der Waals surface area contributed by atoms with Crippen LogP contribution in [0.25, 0.3) is 0 Å². The Morgan fingerprint density at radius 3 is 2.28 bits per heavy atom. The van der Waals surface area contributed by atoms with E-state index >= 15 is 0 Å². The van der Waals surface area contributed by atoms with Crippen molar-refractivity contribution in [1.82, 2.24) is 4.90 Å². The summed E-state index contributed by atoms with van der Waals surface area (Å²) >= 11 is 0. The second-order valence-corrected chi connectivity index (χ2v) is 13.3. The molecule has 0 aromatic heterocycles. The molecule has 1 rings (SSSR count). The Morgan fingerprint density at radius 1 is 1.08 bits per heavy atom. The molecular weight excluding hydrogens is 334 g/mol. The molecule has 1 atom stereocenters. The third kappa shape index (κ3) is 9.41. The normalized spacial score (nSPS) is 12.7. The molecule has 0 bridgehead atoms. The first-order chi connectivity index (χ1) is 11.7. The van der Waals surface area contributed by atoms with Crippen LogP contribution in [-0.2, 0) is 25.7 Å². The van der Waals surface area contributed by atoms with Crippen molar-refractivity contribution in [3.63, 3.8) is 0 Å². The fraction of sp³-hybridized carbons (Fsp3) is 0.579. The number of carbonyl (C=O) groups is 2. The average molecular weight is 366 g/mol. The van der Waals surface area contributed by atoms with E-state index in [1.807, 2.05) is 44.4 Å². The Hall–Kier alpha value is -1.66. The van der Waals surface area contributed by atoms with E-state index in [1.165, 1.54) is 0 Å². The van der Waals surface area contributed by atoms with Gasteiger partial charge < -0.3 is 9.47 Å². The van der Waals surface area contributed by atoms with Crippen molar-refractivity contribution < 1.29 is 19.1 Å². The van der Waals surface area contributed by atoms with Gasteiger partial charge in [-0.3, -0.25) is 14.5 Å². The molecule has 0 saturated carbocycles. The Labute approximate surface area is 152 Å². The highest BCUT2D eigenvalue weighted by molar-refractivity contribution is 6.76. The highest BCUT2D eigenvalue weighted by Crippen LogP contribution is 2.11. The molecular formula is C19H31NO4Si. The van der Waals surface area contributed by atoms with Gasteiger partial charge in [-0.2, -0.15) is 0 Å². The number of ether oxygens (including phenoxy) is 2. The molecule has 25 heavy (non-hydrogen) atoms. The number of rotatable bonds is 10. The summed E-state index contributed by atoms with van der Waals surface area (Å²) < 4.78 is 10.7. The second-order valence-electron chi connectivity index (χ2n) is 7.64. The zero-order valence-corrected chi connectivity index (χ0v) is 17.1. The van der Waals surface area contributed by atoms with Crippen LogP contribution >= 0.6 is 0 Å². The Balaban J connectivity index is 2.40. The minimum atomic E-state index is -1.21. The maximum Gasteiger partial charge on any atom is 0.323 e. The SMILES string of the molecule is CN(C)[C@@H](CCC(=O)OCC[Si](C)(C)C)C(=O)OCc1ccccc1. The van der Waals surface area contributed by atoms with E-state index in [-0.39, 0.29) is 25.0 Å². The smallest absolute Gasteiger partial charge is 0.323 e. The van der Waals surface area contributed by atoms with Crippen LogP contribution in [0.5, 0.6) is 0 Å². The summed E-state index contributed by atoms with van der Waals surface area (Å²) in [5.41, 5.74) is 0.944. The summed E-state index contributed by atoms with van der Waals surface area (Å²) in [4.78, 5) is 26.0. The molecule has 0 spiro atoms. The summed E-state index contributed by atoms with van der Waals surface area (Å²) in [5.74, 6) is -0.565. The molecule has 0 fully saturated rings. The number of hydrogen-bond donors (Lipinski definition) is 0. The van der Waals surface area contributed by atoms with Gasteiger partial charge in [0.1, 0.15) is 12.6 Å². The van der Waals surface area contributed by atoms with Crippen LogP contribution in [0.2, 0.25) is 25.7 Å². The lowest BCUT2D eigenvalue weighted by Gasteiger charge is -2.22. The predicted octanol–water partition coefficient (Wildman–Crippen LogP) is 3.32. The maximum atomic E-state index is 12.3. The highest BCUT2D eigenvalue weighted by atomic mass is 28.3. The lowest BCUT2D eigenvalue weighted by atomic mass is 10.1. The Morgan fingerprint density at radius 2 is 1.72 bits per heavy atom. The van der Waals surface area contributed by atoms with Crippen molar-refractivity contribution in [3.05, 3.63) is 35.9 Å². The minimum Gasteiger partial charge on any atom is -0.466 e. The van der Waals surface area contributed by atoms with Gasteiger partial charge >= 0.3 is 11.9 Å². The molecule has 6 heteroatoms. The predicted molar refractivity (Wildman–Crippen MR) is 102 cm³/mol. The van der Waals surface area contributed by atoms with Gasteiger partial charge in [-0.15, -0.1) is 0 Å². The molecule has 0 amide bonds. The Bertz CT molecular complexity index is 540. The van der Waals surface area contributed by atoms with Gasteiger partial charge in [0, 0.05) is 14.5 Å². The van der Waals surface area contributed by atoms with Gasteiger partial charge in [0.2, 0.25) is 0 Å². The van der Waals surface area contributed by atoms with Crippen LogP contribution in [0.1, 0.15) is 18.4 Å². The van der Waals surface area contributed by atoms with Crippen molar-refractivity contribution >= 4 is 20.0 Å². The third-order valence-corrected chi connectivity index (χ3v) is 5.56. The van der Waals surface area contributed by atoms with Gasteiger partial charge in [-0.05, 0) is 32.1 Å². The van der Waals surface area contributed by atoms with Gasteiger partial charge in [0.05, 0.1) is 6.61 Å². The van der Waals surface area contributed by atoms with Crippen molar-refractivity contribution in [1.29, 1.82) is 0 Å². The van der Waals surface area contributed by atoms with Crippen molar-refractivity contribution in [2.75, 3.05) is 20.7 Å². The zero-order valence-electron chi connectivity index (χ0n) is 16.1. The molecule has 0 aliphatic carbocycles. The molecule has 0 saturated heterocycles. The summed E-state index contributed by atoms with van der Waals surface area (Å²) in [6.45, 7) is 7.44. The quantitative estimate of drug-likeness (QED) is 0.470. The number of benzene rings is 1. The lowest BCUT2D eigenvalue weighted by molar-refractivity contribution is -0.151. The van der Waals surface area contributed by atoms with Gasteiger partial charge in [0.15, 0.2) is 0 Å². The van der Waals surface area contributed by atoms with E-state index in [0.29, 0.717) is 13.0 Å². The first-order valence-electron chi connectivity index (χ1n) is 8.71. The van der Waals surface area contributed by atoms with Crippen LogP contribution in [0.3, 0.4) is 0 Å². The van der Waals surface area contributed by atoms with Crippen molar-refractivity contribution in [3.8, 4) is 0 Å². The topological polar surface area (TPSA) is 55.8 Å². The molecule has 140 valence electrons. The van der Waals surface area contributed by atoms with Gasteiger partial charge in [-0.1, -0.05) is 50.0 Å². The molecule has 1 aromatic rings. The van der Waals surface area contributed by atoms with Crippen LogP contribution in [0.4, 0.5) is 0 Å². The zero-order chi connectivity index (χ0) is 18.9. The Kier molecular flexibility index (Phi) is 8.86. The van der Waals surface area contributed by atoms with Crippen molar-refractivity contribution in [2.24, 2.45) is 0 Å². The molecule has 1 aromatic carbocycles. The van der Waals surface area contributed by atoms with E-state index < -0.39 is 14.1 Å². The minimum absolute atomic E-state index is 0.217. The van der Waals surface area contributed by atoms with E-state index in [0.717, 1.165) is 11.6 Å². The summed E-state index contributed by atoms with van der Waals surface area (Å²) in [6.07, 6.45) is 0.612. The number of nitrogens with zero attached hydrogens (tertiary/aromatic N) is 1. The van der Waals surface area contributed by atoms with Crippen LogP contribution in [0, 0.1) is 0 Å². The number of likely N-dealkylation sites (N-methyl/N-ethyl adjacent to an activating group) is 1. The van der Waals surface area contributed by atoms with Gasteiger partial charge in [-0.25, -0.2) is 0 Å². The monoisotopic (exact) mass is 365 g/mol. The molecule has 0 radical (unpaired) electrons.